The van der Waals surface area contributed by atoms with Gasteiger partial charge in [-0.2, -0.15) is 10.4 Å². The maximum absolute atomic E-state index is 12.5. The number of nitrogens with zero attached hydrogens (tertiary/aromatic N) is 4. The van der Waals surface area contributed by atoms with E-state index in [1.54, 1.807) is 12.1 Å². The molecule has 0 aliphatic carbocycles. The van der Waals surface area contributed by atoms with Crippen molar-refractivity contribution in [1.82, 2.24) is 10.2 Å². The molecule has 2 N–H and O–H groups in total. The number of nitro groups is 2. The fraction of sp³-hybridized carbons (Fsp3) is 0. The van der Waals surface area contributed by atoms with Crippen molar-refractivity contribution in [3.63, 3.8) is 0 Å². The molecule has 0 atom stereocenters. The molecule has 1 aromatic heterocycles. The number of benzene rings is 2. The highest BCUT2D eigenvalue weighted by Gasteiger charge is 2.15. The van der Waals surface area contributed by atoms with E-state index >= 15 is 0 Å². The van der Waals surface area contributed by atoms with Gasteiger partial charge in [-0.05, 0) is 12.1 Å². The second-order valence-corrected chi connectivity index (χ2v) is 5.94. The van der Waals surface area contributed by atoms with Gasteiger partial charge in [-0.25, -0.2) is 0 Å². The standard InChI is InChI=1S/C19H12N6O5/c20-10-13(19(26)22-15-4-2-6-17(9-15)25(29)30)7-14-11-21-23-18(14)12-3-1-5-16(8-12)24(27)28/h1-9,11H,(H,21,23)(H,22,26). The Balaban J connectivity index is 1.90. The summed E-state index contributed by atoms with van der Waals surface area (Å²) < 4.78 is 0. The van der Waals surface area contributed by atoms with Crippen molar-refractivity contribution in [2.75, 3.05) is 5.32 Å². The second-order valence-electron chi connectivity index (χ2n) is 5.94. The molecule has 3 aromatic rings. The first-order valence-corrected chi connectivity index (χ1v) is 8.35. The molecular weight excluding hydrogens is 392 g/mol. The molecule has 0 bridgehead atoms. The summed E-state index contributed by atoms with van der Waals surface area (Å²) in [6.07, 6.45) is 2.64. The minimum absolute atomic E-state index is 0.124. The highest BCUT2D eigenvalue weighted by molar-refractivity contribution is 6.10. The smallest absolute Gasteiger partial charge is 0.271 e. The second kappa shape index (κ2) is 8.44. The lowest BCUT2D eigenvalue weighted by Crippen LogP contribution is -2.13. The molecule has 1 amide bonds. The SMILES string of the molecule is N#CC(=Cc1cn[nH]c1-c1cccc([N+](=O)[O-])c1)C(=O)Nc1cccc([N+](=O)[O-])c1. The molecule has 30 heavy (non-hydrogen) atoms. The van der Waals surface area contributed by atoms with Gasteiger partial charge in [-0.3, -0.25) is 30.1 Å². The van der Waals surface area contributed by atoms with Crippen molar-refractivity contribution in [2.45, 2.75) is 0 Å². The summed E-state index contributed by atoms with van der Waals surface area (Å²) in [4.78, 5) is 33.2. The van der Waals surface area contributed by atoms with Crippen LogP contribution in [0.2, 0.25) is 0 Å². The van der Waals surface area contributed by atoms with Crippen LogP contribution in [0.25, 0.3) is 17.3 Å². The Morgan fingerprint density at radius 2 is 1.77 bits per heavy atom. The predicted octanol–water partition coefficient (Wildman–Crippen LogP) is 3.44. The molecule has 1 heterocycles. The van der Waals surface area contributed by atoms with Gasteiger partial charge >= 0.3 is 0 Å². The van der Waals surface area contributed by atoms with Crippen LogP contribution in [0.15, 0.2) is 60.3 Å². The van der Waals surface area contributed by atoms with E-state index in [1.165, 1.54) is 54.7 Å². The van der Waals surface area contributed by atoms with Crippen LogP contribution in [-0.4, -0.2) is 26.0 Å². The molecule has 11 heteroatoms. The molecule has 0 fully saturated rings. The third-order valence-corrected chi connectivity index (χ3v) is 3.99. The van der Waals surface area contributed by atoms with Gasteiger partial charge in [0.05, 0.1) is 21.7 Å². The molecule has 148 valence electrons. The third-order valence-electron chi connectivity index (χ3n) is 3.99. The Hall–Kier alpha value is -4.85. The molecule has 0 radical (unpaired) electrons. The zero-order chi connectivity index (χ0) is 21.7. The molecule has 11 nitrogen and oxygen atoms in total. The van der Waals surface area contributed by atoms with Crippen molar-refractivity contribution in [3.8, 4) is 17.3 Å². The molecule has 0 aliphatic rings. The van der Waals surface area contributed by atoms with E-state index in [1.807, 2.05) is 0 Å². The minimum atomic E-state index is -0.774. The first kappa shape index (κ1) is 19.9. The fourth-order valence-corrected chi connectivity index (χ4v) is 2.61. The molecule has 0 aliphatic heterocycles. The van der Waals surface area contributed by atoms with Gasteiger partial charge in [0.25, 0.3) is 17.3 Å². The Morgan fingerprint density at radius 3 is 2.43 bits per heavy atom. The number of non-ortho nitro benzene ring substituents is 2. The largest absolute Gasteiger partial charge is 0.321 e. The number of aromatic nitrogens is 2. The summed E-state index contributed by atoms with van der Waals surface area (Å²) in [5, 5.41) is 40.2. The first-order valence-electron chi connectivity index (χ1n) is 8.35. The van der Waals surface area contributed by atoms with Crippen LogP contribution in [0.3, 0.4) is 0 Å². The van der Waals surface area contributed by atoms with Gasteiger partial charge < -0.3 is 5.32 Å². The zero-order valence-corrected chi connectivity index (χ0v) is 15.1. The van der Waals surface area contributed by atoms with E-state index < -0.39 is 15.8 Å². The van der Waals surface area contributed by atoms with Crippen molar-refractivity contribution in [2.24, 2.45) is 0 Å². The van der Waals surface area contributed by atoms with E-state index in [4.69, 9.17) is 0 Å². The summed E-state index contributed by atoms with van der Waals surface area (Å²) in [5.41, 5.74) is 0.732. The Morgan fingerprint density at radius 1 is 1.10 bits per heavy atom. The number of anilines is 1. The van der Waals surface area contributed by atoms with E-state index in [-0.39, 0.29) is 22.6 Å². The quantitative estimate of drug-likeness (QED) is 0.274. The van der Waals surface area contributed by atoms with Crippen LogP contribution in [0.4, 0.5) is 17.1 Å². The summed E-state index contributed by atoms with van der Waals surface area (Å²) in [6, 6.07) is 12.9. The maximum atomic E-state index is 12.5. The van der Waals surface area contributed by atoms with Gasteiger partial charge in [0.1, 0.15) is 11.6 Å². The first-order chi connectivity index (χ1) is 14.4. The van der Waals surface area contributed by atoms with Gasteiger partial charge in [0.2, 0.25) is 0 Å². The zero-order valence-electron chi connectivity index (χ0n) is 15.1. The average Bonchev–Trinajstić information content (AvgIpc) is 3.20. The lowest BCUT2D eigenvalue weighted by molar-refractivity contribution is -0.385. The van der Waals surface area contributed by atoms with E-state index in [2.05, 4.69) is 15.5 Å². The molecule has 2 aromatic carbocycles. The maximum Gasteiger partial charge on any atom is 0.271 e. The number of nitrogens with one attached hydrogen (secondary N) is 2. The molecular formula is C19H12N6O5. The van der Waals surface area contributed by atoms with Crippen LogP contribution in [0.5, 0.6) is 0 Å². The number of nitriles is 1. The molecule has 0 saturated heterocycles. The summed E-state index contributed by atoms with van der Waals surface area (Å²) in [7, 11) is 0. The summed E-state index contributed by atoms with van der Waals surface area (Å²) >= 11 is 0. The van der Waals surface area contributed by atoms with Crippen LogP contribution >= 0.6 is 0 Å². The van der Waals surface area contributed by atoms with E-state index in [0.29, 0.717) is 16.8 Å². The number of aromatic amines is 1. The van der Waals surface area contributed by atoms with Gasteiger partial charge in [0, 0.05) is 41.1 Å². The van der Waals surface area contributed by atoms with Gasteiger partial charge in [-0.1, -0.05) is 18.2 Å². The van der Waals surface area contributed by atoms with Crippen molar-refractivity contribution in [3.05, 3.63) is 86.1 Å². The number of carbonyl (C=O) groups excluding carboxylic acids is 1. The number of rotatable bonds is 6. The molecule has 0 spiro atoms. The summed E-state index contributed by atoms with van der Waals surface area (Å²) in [5.74, 6) is -0.774. The lowest BCUT2D eigenvalue weighted by atomic mass is 10.1. The predicted molar refractivity (Wildman–Crippen MR) is 106 cm³/mol. The van der Waals surface area contributed by atoms with Crippen LogP contribution < -0.4 is 5.32 Å². The third kappa shape index (κ3) is 4.34. The molecule has 0 unspecified atom stereocenters. The number of H-pyrrole nitrogens is 1. The fourth-order valence-electron chi connectivity index (χ4n) is 2.61. The van der Waals surface area contributed by atoms with Crippen molar-refractivity contribution >= 4 is 29.0 Å². The average molecular weight is 404 g/mol. The number of hydrogen-bond acceptors (Lipinski definition) is 7. The summed E-state index contributed by atoms with van der Waals surface area (Å²) in [6.45, 7) is 0. The van der Waals surface area contributed by atoms with Gasteiger partial charge in [0.15, 0.2) is 0 Å². The number of hydrogen-bond donors (Lipinski definition) is 2. The van der Waals surface area contributed by atoms with Crippen molar-refractivity contribution in [1.29, 1.82) is 5.26 Å². The topological polar surface area (TPSA) is 168 Å². The Labute approximate surface area is 168 Å². The monoisotopic (exact) mass is 404 g/mol. The molecule has 3 rings (SSSR count). The van der Waals surface area contributed by atoms with Gasteiger partial charge in [-0.15, -0.1) is 0 Å². The Bertz CT molecular complexity index is 1220. The highest BCUT2D eigenvalue weighted by Crippen LogP contribution is 2.26. The Kier molecular flexibility index (Phi) is 5.60. The normalized spacial score (nSPS) is 10.8. The van der Waals surface area contributed by atoms with Crippen LogP contribution in [-0.2, 0) is 4.79 Å². The molecule has 0 saturated carbocycles. The number of nitro benzene ring substituents is 2. The van der Waals surface area contributed by atoms with E-state index in [0.717, 1.165) is 0 Å². The van der Waals surface area contributed by atoms with Crippen LogP contribution in [0, 0.1) is 31.6 Å². The van der Waals surface area contributed by atoms with Crippen molar-refractivity contribution < 1.29 is 14.6 Å². The highest BCUT2D eigenvalue weighted by atomic mass is 16.6. The van der Waals surface area contributed by atoms with E-state index in [9.17, 15) is 30.3 Å². The minimum Gasteiger partial charge on any atom is -0.321 e. The van der Waals surface area contributed by atoms with Crippen LogP contribution in [0.1, 0.15) is 5.56 Å². The lowest BCUT2D eigenvalue weighted by Gasteiger charge is -2.04. The number of amides is 1. The number of carbonyl (C=O) groups is 1.